The smallest absolute Gasteiger partial charge is 0.339 e. The molecule has 0 saturated carbocycles. The first-order valence-corrected chi connectivity index (χ1v) is 9.66. The number of hydrogen-bond acceptors (Lipinski definition) is 6. The van der Waals surface area contributed by atoms with E-state index in [1.54, 1.807) is 47.8 Å². The van der Waals surface area contributed by atoms with Gasteiger partial charge in [-0.15, -0.1) is 11.3 Å². The highest BCUT2D eigenvalue weighted by molar-refractivity contribution is 7.15. The Bertz CT molecular complexity index is 1170. The normalized spacial score (nSPS) is 10.9. The number of halogens is 1. The second-order valence-electron chi connectivity index (χ2n) is 5.56. The fourth-order valence-corrected chi connectivity index (χ4v) is 4.30. The van der Waals surface area contributed by atoms with E-state index in [1.807, 2.05) is 0 Å². The minimum Gasteiger partial charge on any atom is -0.478 e. The van der Waals surface area contributed by atoms with Crippen LogP contribution in [0.5, 0.6) is 0 Å². The maximum Gasteiger partial charge on any atom is 0.339 e. The van der Waals surface area contributed by atoms with Gasteiger partial charge in [-0.3, -0.25) is 4.79 Å². The first-order valence-electron chi connectivity index (χ1n) is 7.68. The number of benzene rings is 2. The first kappa shape index (κ1) is 17.6. The van der Waals surface area contributed by atoms with Gasteiger partial charge in [0.15, 0.2) is 0 Å². The number of nitrogens with one attached hydrogen (secondary N) is 1. The maximum atomic E-state index is 12.7. The highest BCUT2D eigenvalue weighted by atomic mass is 35.5. The summed E-state index contributed by atoms with van der Waals surface area (Å²) in [4.78, 5) is 24.6. The zero-order chi connectivity index (χ0) is 19.0. The van der Waals surface area contributed by atoms with Crippen molar-refractivity contribution >= 4 is 62.6 Å². The van der Waals surface area contributed by atoms with E-state index in [1.165, 1.54) is 0 Å². The zero-order valence-electron chi connectivity index (χ0n) is 13.5. The molecular formula is C18H10ClN3O3S2. The van der Waals surface area contributed by atoms with Crippen LogP contribution in [0.15, 0.2) is 47.8 Å². The molecule has 9 heteroatoms. The van der Waals surface area contributed by atoms with Crippen molar-refractivity contribution in [1.82, 2.24) is 8.75 Å². The number of nitrogens with zero attached hydrogens (tertiary/aromatic N) is 2. The van der Waals surface area contributed by atoms with Gasteiger partial charge in [-0.1, -0.05) is 29.8 Å². The lowest BCUT2D eigenvalue weighted by molar-refractivity contribution is 0.0699. The lowest BCUT2D eigenvalue weighted by atomic mass is 10.0. The molecule has 0 spiro atoms. The van der Waals surface area contributed by atoms with Crippen LogP contribution in [0.3, 0.4) is 0 Å². The van der Waals surface area contributed by atoms with Crippen molar-refractivity contribution < 1.29 is 14.7 Å². The molecule has 0 aliphatic rings. The number of hydrogen-bond donors (Lipinski definition) is 2. The summed E-state index contributed by atoms with van der Waals surface area (Å²) < 4.78 is 8.26. The number of aromatic nitrogens is 2. The van der Waals surface area contributed by atoms with Gasteiger partial charge in [0, 0.05) is 16.0 Å². The third kappa shape index (κ3) is 3.30. The monoisotopic (exact) mass is 415 g/mol. The molecule has 6 nitrogen and oxygen atoms in total. The van der Waals surface area contributed by atoms with Gasteiger partial charge in [-0.05, 0) is 29.8 Å². The van der Waals surface area contributed by atoms with Crippen LogP contribution in [0.25, 0.3) is 22.2 Å². The lowest BCUT2D eigenvalue weighted by Gasteiger charge is -2.06. The standard InChI is InChI=1S/C18H10ClN3O3S2/c19-10-6-4-9(5-7-10)12-8-26-17(14(12)18(24)25)20-16(23)11-2-1-3-13-15(11)22-27-21-13/h1-8H,(H,20,23)(H,24,25). The number of aromatic carboxylic acids is 1. The SMILES string of the molecule is O=C(O)c1c(-c2ccc(Cl)cc2)csc1NC(=O)c1cccc2nsnc12. The summed E-state index contributed by atoms with van der Waals surface area (Å²) in [6.07, 6.45) is 0. The van der Waals surface area contributed by atoms with Gasteiger partial charge in [0.1, 0.15) is 21.6 Å². The van der Waals surface area contributed by atoms with Crippen molar-refractivity contribution in [2.45, 2.75) is 0 Å². The van der Waals surface area contributed by atoms with Crippen molar-refractivity contribution in [3.63, 3.8) is 0 Å². The Hall–Kier alpha value is -2.81. The summed E-state index contributed by atoms with van der Waals surface area (Å²) in [5, 5.41) is 14.9. The average Bonchev–Trinajstić information content (AvgIpc) is 3.28. The second-order valence-corrected chi connectivity index (χ2v) is 7.40. The quantitative estimate of drug-likeness (QED) is 0.488. The van der Waals surface area contributed by atoms with E-state index in [-0.39, 0.29) is 10.6 Å². The van der Waals surface area contributed by atoms with E-state index >= 15 is 0 Å². The van der Waals surface area contributed by atoms with Crippen LogP contribution < -0.4 is 5.32 Å². The van der Waals surface area contributed by atoms with Crippen molar-refractivity contribution in [3.05, 3.63) is 64.0 Å². The Labute approximate surface area is 166 Å². The number of rotatable bonds is 4. The van der Waals surface area contributed by atoms with Crippen LogP contribution in [0.1, 0.15) is 20.7 Å². The molecule has 27 heavy (non-hydrogen) atoms. The van der Waals surface area contributed by atoms with Crippen molar-refractivity contribution in [2.75, 3.05) is 5.32 Å². The predicted octanol–water partition coefficient (Wildman–Crippen LogP) is 5.02. The third-order valence-electron chi connectivity index (χ3n) is 3.92. The number of fused-ring (bicyclic) bond motifs is 1. The highest BCUT2D eigenvalue weighted by Crippen LogP contribution is 2.36. The zero-order valence-corrected chi connectivity index (χ0v) is 15.9. The lowest BCUT2D eigenvalue weighted by Crippen LogP contribution is -2.14. The molecule has 2 N–H and O–H groups in total. The molecule has 0 aliphatic heterocycles. The van der Waals surface area contributed by atoms with Gasteiger partial charge in [-0.2, -0.15) is 8.75 Å². The van der Waals surface area contributed by atoms with Crippen molar-refractivity contribution in [3.8, 4) is 11.1 Å². The highest BCUT2D eigenvalue weighted by Gasteiger charge is 2.22. The number of anilines is 1. The molecule has 0 bridgehead atoms. The van der Waals surface area contributed by atoms with E-state index < -0.39 is 11.9 Å². The number of thiophene rings is 1. The molecule has 1 amide bonds. The third-order valence-corrected chi connectivity index (χ3v) is 5.61. The summed E-state index contributed by atoms with van der Waals surface area (Å²) in [5.74, 6) is -1.55. The summed E-state index contributed by atoms with van der Waals surface area (Å²) in [6.45, 7) is 0. The van der Waals surface area contributed by atoms with Gasteiger partial charge >= 0.3 is 5.97 Å². The van der Waals surface area contributed by atoms with Crippen LogP contribution in [0.4, 0.5) is 5.00 Å². The summed E-state index contributed by atoms with van der Waals surface area (Å²) in [7, 11) is 0. The van der Waals surface area contributed by atoms with E-state index in [0.29, 0.717) is 32.7 Å². The van der Waals surface area contributed by atoms with Crippen LogP contribution in [0, 0.1) is 0 Å². The molecule has 2 heterocycles. The van der Waals surface area contributed by atoms with E-state index in [0.717, 1.165) is 23.1 Å². The molecule has 0 aliphatic carbocycles. The van der Waals surface area contributed by atoms with Crippen LogP contribution in [-0.2, 0) is 0 Å². The Kier molecular flexibility index (Phi) is 4.61. The fourth-order valence-electron chi connectivity index (χ4n) is 2.66. The molecule has 0 atom stereocenters. The molecule has 134 valence electrons. The van der Waals surface area contributed by atoms with Gasteiger partial charge in [0.2, 0.25) is 0 Å². The topological polar surface area (TPSA) is 92.2 Å². The molecular weight excluding hydrogens is 406 g/mol. The molecule has 0 radical (unpaired) electrons. The largest absolute Gasteiger partial charge is 0.478 e. The average molecular weight is 416 g/mol. The molecule has 4 rings (SSSR count). The first-order chi connectivity index (χ1) is 13.0. The van der Waals surface area contributed by atoms with E-state index in [2.05, 4.69) is 14.1 Å². The van der Waals surface area contributed by atoms with Crippen LogP contribution in [0.2, 0.25) is 5.02 Å². The number of carbonyl (C=O) groups is 2. The molecule has 2 aromatic heterocycles. The van der Waals surface area contributed by atoms with Gasteiger partial charge in [-0.25, -0.2) is 4.79 Å². The molecule has 2 aromatic carbocycles. The number of carboxylic acid groups (broad SMARTS) is 1. The van der Waals surface area contributed by atoms with Gasteiger partial charge < -0.3 is 10.4 Å². The number of amides is 1. The Morgan fingerprint density at radius 1 is 1.07 bits per heavy atom. The molecule has 0 unspecified atom stereocenters. The van der Waals surface area contributed by atoms with Crippen LogP contribution in [-0.4, -0.2) is 25.7 Å². The van der Waals surface area contributed by atoms with E-state index in [4.69, 9.17) is 11.6 Å². The maximum absolute atomic E-state index is 12.7. The Morgan fingerprint density at radius 3 is 2.59 bits per heavy atom. The van der Waals surface area contributed by atoms with Gasteiger partial charge in [0.05, 0.1) is 17.3 Å². The summed E-state index contributed by atoms with van der Waals surface area (Å²) in [5.41, 5.74) is 2.73. The predicted molar refractivity (Wildman–Crippen MR) is 107 cm³/mol. The molecule has 0 fully saturated rings. The Balaban J connectivity index is 1.72. The van der Waals surface area contributed by atoms with Gasteiger partial charge in [0.25, 0.3) is 5.91 Å². The van der Waals surface area contributed by atoms with Crippen LogP contribution >= 0.6 is 34.7 Å². The summed E-state index contributed by atoms with van der Waals surface area (Å²) in [6, 6.07) is 12.0. The Morgan fingerprint density at radius 2 is 1.85 bits per heavy atom. The number of carboxylic acids is 1. The fraction of sp³-hybridized carbons (Fsp3) is 0. The minimum absolute atomic E-state index is 0.0410. The van der Waals surface area contributed by atoms with Crippen molar-refractivity contribution in [2.24, 2.45) is 0 Å². The summed E-state index contributed by atoms with van der Waals surface area (Å²) >= 11 is 8.07. The van der Waals surface area contributed by atoms with E-state index in [9.17, 15) is 14.7 Å². The molecule has 4 aromatic rings. The molecule has 0 saturated heterocycles. The van der Waals surface area contributed by atoms with Crippen molar-refractivity contribution in [1.29, 1.82) is 0 Å². The minimum atomic E-state index is -1.12. The number of carbonyl (C=O) groups excluding carboxylic acids is 1. The second kappa shape index (κ2) is 7.07.